The first-order valence-electron chi connectivity index (χ1n) is 7.35. The zero-order valence-electron chi connectivity index (χ0n) is 12.9. The van der Waals surface area contributed by atoms with Crippen LogP contribution in [0.4, 0.5) is 18.3 Å². The van der Waals surface area contributed by atoms with Gasteiger partial charge in [0.15, 0.2) is 0 Å². The monoisotopic (exact) mass is 359 g/mol. The number of ether oxygens (including phenoxy) is 1. The lowest BCUT2D eigenvalue weighted by atomic mass is 10.2. The smallest absolute Gasteiger partial charge is 0.445 e. The predicted octanol–water partition coefficient (Wildman–Crippen LogP) is 4.38. The van der Waals surface area contributed by atoms with Crippen LogP contribution in [0, 0.1) is 0 Å². The zero-order chi connectivity index (χ0) is 17.6. The standard InChI is InChI=1S/C15H16F3N3O2S/c1-2-3-6-9-23-11-8-5-4-7-10(11)12(22)19-14-21-20-13(24-14)15(16,17)18/h4-5,7-8H,2-3,6,9H2,1H3,(H,19,21,22). The van der Waals surface area contributed by atoms with Crippen molar-refractivity contribution in [2.75, 3.05) is 11.9 Å². The average molecular weight is 359 g/mol. The van der Waals surface area contributed by atoms with E-state index in [0.717, 1.165) is 19.3 Å². The van der Waals surface area contributed by atoms with Gasteiger partial charge in [-0.2, -0.15) is 13.2 Å². The number of hydrogen-bond donors (Lipinski definition) is 1. The van der Waals surface area contributed by atoms with Crippen LogP contribution in [0.25, 0.3) is 0 Å². The minimum atomic E-state index is -4.58. The molecule has 0 saturated carbocycles. The number of hydrogen-bond acceptors (Lipinski definition) is 5. The quantitative estimate of drug-likeness (QED) is 0.745. The van der Waals surface area contributed by atoms with Crippen molar-refractivity contribution in [3.63, 3.8) is 0 Å². The van der Waals surface area contributed by atoms with Crippen LogP contribution in [0.15, 0.2) is 24.3 Å². The van der Waals surface area contributed by atoms with Crippen molar-refractivity contribution in [3.05, 3.63) is 34.8 Å². The average Bonchev–Trinajstić information content (AvgIpc) is 3.00. The number of benzene rings is 1. The van der Waals surface area contributed by atoms with Crippen LogP contribution in [0.5, 0.6) is 5.75 Å². The fraction of sp³-hybridized carbons (Fsp3) is 0.400. The zero-order valence-corrected chi connectivity index (χ0v) is 13.7. The number of carbonyl (C=O) groups is 1. The molecular weight excluding hydrogens is 343 g/mol. The lowest BCUT2D eigenvalue weighted by Crippen LogP contribution is -2.13. The molecule has 0 aliphatic rings. The first-order chi connectivity index (χ1) is 11.4. The lowest BCUT2D eigenvalue weighted by molar-refractivity contribution is -0.138. The van der Waals surface area contributed by atoms with Crippen molar-refractivity contribution in [2.24, 2.45) is 0 Å². The van der Waals surface area contributed by atoms with E-state index in [1.165, 1.54) is 6.07 Å². The number of nitrogens with one attached hydrogen (secondary N) is 1. The van der Waals surface area contributed by atoms with Gasteiger partial charge in [-0.25, -0.2) is 0 Å². The minimum absolute atomic E-state index is 0.215. The molecule has 1 amide bonds. The van der Waals surface area contributed by atoms with Gasteiger partial charge in [0.1, 0.15) is 5.75 Å². The predicted molar refractivity (Wildman–Crippen MR) is 84.3 cm³/mol. The highest BCUT2D eigenvalue weighted by Crippen LogP contribution is 2.33. The van der Waals surface area contributed by atoms with E-state index in [-0.39, 0.29) is 22.0 Å². The third kappa shape index (κ3) is 4.92. The molecule has 1 heterocycles. The number of amides is 1. The van der Waals surface area contributed by atoms with Crippen LogP contribution in [0.2, 0.25) is 0 Å². The number of para-hydroxylation sites is 1. The van der Waals surface area contributed by atoms with Gasteiger partial charge in [-0.15, -0.1) is 10.2 Å². The first kappa shape index (κ1) is 18.2. The second kappa shape index (κ2) is 8.09. The number of carbonyl (C=O) groups excluding carboxylic acids is 1. The summed E-state index contributed by atoms with van der Waals surface area (Å²) in [5.74, 6) is -0.211. The molecule has 0 atom stereocenters. The molecule has 0 aliphatic carbocycles. The summed E-state index contributed by atoms with van der Waals surface area (Å²) in [7, 11) is 0. The number of anilines is 1. The fourth-order valence-electron chi connectivity index (χ4n) is 1.87. The van der Waals surface area contributed by atoms with E-state index in [2.05, 4.69) is 22.4 Å². The Morgan fingerprint density at radius 3 is 2.67 bits per heavy atom. The number of nitrogens with zero attached hydrogens (tertiary/aromatic N) is 2. The second-order valence-electron chi connectivity index (χ2n) is 4.92. The summed E-state index contributed by atoms with van der Waals surface area (Å²) in [6, 6.07) is 6.55. The van der Waals surface area contributed by atoms with Crippen molar-refractivity contribution in [1.82, 2.24) is 10.2 Å². The van der Waals surface area contributed by atoms with Crippen molar-refractivity contribution >= 4 is 22.4 Å². The summed E-state index contributed by atoms with van der Waals surface area (Å²) >= 11 is 0.273. The van der Waals surface area contributed by atoms with E-state index >= 15 is 0 Å². The van der Waals surface area contributed by atoms with Crippen LogP contribution in [0.1, 0.15) is 41.6 Å². The maximum Gasteiger partial charge on any atom is 0.445 e. The summed E-state index contributed by atoms with van der Waals surface area (Å²) in [5, 5.41) is 7.36. The lowest BCUT2D eigenvalue weighted by Gasteiger charge is -2.10. The molecule has 5 nitrogen and oxygen atoms in total. The van der Waals surface area contributed by atoms with Crippen LogP contribution < -0.4 is 10.1 Å². The van der Waals surface area contributed by atoms with E-state index in [1.807, 2.05) is 0 Å². The summed E-state index contributed by atoms with van der Waals surface area (Å²) in [4.78, 5) is 12.2. The largest absolute Gasteiger partial charge is 0.493 e. The maximum absolute atomic E-state index is 12.5. The number of aromatic nitrogens is 2. The van der Waals surface area contributed by atoms with Crippen molar-refractivity contribution in [2.45, 2.75) is 32.4 Å². The van der Waals surface area contributed by atoms with Gasteiger partial charge in [-0.1, -0.05) is 43.2 Å². The number of unbranched alkanes of at least 4 members (excludes halogenated alkanes) is 2. The highest BCUT2D eigenvalue weighted by Gasteiger charge is 2.35. The molecule has 0 aliphatic heterocycles. The molecule has 0 bridgehead atoms. The van der Waals surface area contributed by atoms with Gasteiger partial charge in [-0.05, 0) is 18.6 Å². The third-order valence-electron chi connectivity index (χ3n) is 3.03. The topological polar surface area (TPSA) is 64.1 Å². The van der Waals surface area contributed by atoms with Crippen LogP contribution >= 0.6 is 11.3 Å². The Morgan fingerprint density at radius 2 is 2.00 bits per heavy atom. The molecule has 130 valence electrons. The molecule has 0 saturated heterocycles. The summed E-state index contributed by atoms with van der Waals surface area (Å²) in [6.07, 6.45) is -1.66. The van der Waals surface area contributed by atoms with Crippen molar-refractivity contribution in [3.8, 4) is 5.75 Å². The molecule has 0 radical (unpaired) electrons. The van der Waals surface area contributed by atoms with Crippen LogP contribution in [-0.2, 0) is 6.18 Å². The van der Waals surface area contributed by atoms with E-state index in [0.29, 0.717) is 12.4 Å². The molecule has 9 heteroatoms. The molecule has 24 heavy (non-hydrogen) atoms. The Labute approximate surface area is 140 Å². The van der Waals surface area contributed by atoms with E-state index in [4.69, 9.17) is 4.74 Å². The Balaban J connectivity index is 2.05. The molecular formula is C15H16F3N3O2S. The molecule has 1 aromatic heterocycles. The summed E-state index contributed by atoms with van der Waals surface area (Å²) in [5.41, 5.74) is 0.234. The van der Waals surface area contributed by atoms with Gasteiger partial charge in [0.2, 0.25) is 10.1 Å². The number of halogens is 3. The van der Waals surface area contributed by atoms with Gasteiger partial charge in [0, 0.05) is 0 Å². The second-order valence-corrected chi connectivity index (χ2v) is 5.89. The fourth-order valence-corrected chi connectivity index (χ4v) is 2.47. The van der Waals surface area contributed by atoms with Crippen LogP contribution in [-0.4, -0.2) is 22.7 Å². The highest BCUT2D eigenvalue weighted by atomic mass is 32.1. The van der Waals surface area contributed by atoms with Crippen molar-refractivity contribution < 1.29 is 22.7 Å². The molecule has 2 rings (SSSR count). The normalized spacial score (nSPS) is 11.3. The Hall–Kier alpha value is -2.16. The van der Waals surface area contributed by atoms with E-state index in [9.17, 15) is 18.0 Å². The highest BCUT2D eigenvalue weighted by molar-refractivity contribution is 7.15. The summed E-state index contributed by atoms with van der Waals surface area (Å²) in [6.45, 7) is 2.54. The Bertz CT molecular complexity index is 689. The summed E-state index contributed by atoms with van der Waals surface area (Å²) < 4.78 is 43.1. The number of rotatable bonds is 7. The van der Waals surface area contributed by atoms with Gasteiger partial charge >= 0.3 is 6.18 Å². The van der Waals surface area contributed by atoms with E-state index in [1.54, 1.807) is 18.2 Å². The number of alkyl halides is 3. The Morgan fingerprint density at radius 1 is 1.25 bits per heavy atom. The first-order valence-corrected chi connectivity index (χ1v) is 8.17. The third-order valence-corrected chi connectivity index (χ3v) is 3.91. The van der Waals surface area contributed by atoms with Gasteiger partial charge in [-0.3, -0.25) is 10.1 Å². The van der Waals surface area contributed by atoms with Crippen molar-refractivity contribution in [1.29, 1.82) is 0 Å². The molecule has 0 fully saturated rings. The van der Waals surface area contributed by atoms with Gasteiger partial charge < -0.3 is 4.74 Å². The minimum Gasteiger partial charge on any atom is -0.493 e. The Kier molecular flexibility index (Phi) is 6.13. The van der Waals surface area contributed by atoms with Gasteiger partial charge in [0.25, 0.3) is 5.91 Å². The molecule has 2 aromatic rings. The van der Waals surface area contributed by atoms with E-state index < -0.39 is 17.1 Å². The SMILES string of the molecule is CCCCCOc1ccccc1C(=O)Nc1nnc(C(F)(F)F)s1. The molecule has 1 aromatic carbocycles. The molecule has 0 unspecified atom stereocenters. The maximum atomic E-state index is 12.5. The molecule has 0 spiro atoms. The van der Waals surface area contributed by atoms with Gasteiger partial charge in [0.05, 0.1) is 12.2 Å². The van der Waals surface area contributed by atoms with Crippen LogP contribution in [0.3, 0.4) is 0 Å². The molecule has 1 N–H and O–H groups in total.